The molecule has 2 aliphatic rings. The average Bonchev–Trinajstić information content (AvgIpc) is 2.51. The first-order chi connectivity index (χ1) is 11.2. The van der Waals surface area contributed by atoms with Gasteiger partial charge in [-0.1, -0.05) is 6.92 Å². The van der Waals surface area contributed by atoms with Crippen molar-refractivity contribution in [3.8, 4) is 0 Å². The second-order valence-electron chi connectivity index (χ2n) is 7.27. The fourth-order valence-corrected chi connectivity index (χ4v) is 3.41. The van der Waals surface area contributed by atoms with Gasteiger partial charge in [0.1, 0.15) is 30.2 Å². The van der Waals surface area contributed by atoms with Gasteiger partial charge in [-0.25, -0.2) is 0 Å². The molecule has 0 aromatic rings. The van der Waals surface area contributed by atoms with Gasteiger partial charge in [0.15, 0.2) is 6.29 Å². The quantitative estimate of drug-likeness (QED) is 0.407. The van der Waals surface area contributed by atoms with Crippen molar-refractivity contribution in [3.63, 3.8) is 0 Å². The third-order valence-corrected chi connectivity index (χ3v) is 5.03. The Labute approximate surface area is 141 Å². The second kappa shape index (κ2) is 7.74. The normalized spacial score (nSPS) is 43.5. The van der Waals surface area contributed by atoms with Crippen molar-refractivity contribution in [1.82, 2.24) is 0 Å². The Hall–Kier alpha value is -0.610. The van der Waals surface area contributed by atoms with Crippen molar-refractivity contribution in [3.05, 3.63) is 0 Å². The summed E-state index contributed by atoms with van der Waals surface area (Å²) in [4.78, 5) is 12.2. The predicted octanol–water partition coefficient (Wildman–Crippen LogP) is -1.44. The molecular formula is C16H28O8. The largest absolute Gasteiger partial charge is 0.394 e. The standard InChI is InChI=1S/C16H28O8/c1-8-3-4-9(10(18)5-8)16(2,22)7-23-15-14(21)13(20)12(19)11(6-17)24-15/h8-9,11-15,17,19-22H,3-7H2,1-2H3/t8-,9+,11+,12+,13-,14+,15+,16-/m0/s1. The SMILES string of the molecule is C[C@H]1CC[C@@H]([C@@](C)(O)CO[C@@H]2O[C@H](CO)[C@@H](O)[C@H](O)[C@H]2O)C(=O)C1. The summed E-state index contributed by atoms with van der Waals surface area (Å²) < 4.78 is 10.6. The average molecular weight is 348 g/mol. The van der Waals surface area contributed by atoms with Crippen LogP contribution in [0.5, 0.6) is 0 Å². The van der Waals surface area contributed by atoms with Gasteiger partial charge in [-0.3, -0.25) is 4.79 Å². The van der Waals surface area contributed by atoms with Crippen molar-refractivity contribution in [1.29, 1.82) is 0 Å². The summed E-state index contributed by atoms with van der Waals surface area (Å²) >= 11 is 0. The molecule has 0 amide bonds. The molecule has 5 N–H and O–H groups in total. The van der Waals surface area contributed by atoms with Gasteiger partial charge in [0, 0.05) is 12.3 Å². The van der Waals surface area contributed by atoms with Crippen LogP contribution in [-0.4, -0.2) is 80.8 Å². The first-order valence-electron chi connectivity index (χ1n) is 8.34. The van der Waals surface area contributed by atoms with Crippen LogP contribution in [0, 0.1) is 11.8 Å². The molecule has 1 heterocycles. The second-order valence-corrected chi connectivity index (χ2v) is 7.27. The minimum Gasteiger partial charge on any atom is -0.394 e. The molecule has 0 radical (unpaired) electrons. The lowest BCUT2D eigenvalue weighted by Gasteiger charge is -2.41. The molecule has 8 nitrogen and oxygen atoms in total. The third kappa shape index (κ3) is 4.13. The molecule has 0 bridgehead atoms. The van der Waals surface area contributed by atoms with Gasteiger partial charge in [0.25, 0.3) is 0 Å². The Balaban J connectivity index is 1.96. The molecule has 1 saturated heterocycles. The first kappa shape index (κ1) is 19.7. The van der Waals surface area contributed by atoms with Gasteiger partial charge in [-0.2, -0.15) is 0 Å². The third-order valence-electron chi connectivity index (χ3n) is 5.03. The van der Waals surface area contributed by atoms with E-state index in [2.05, 4.69) is 0 Å². The molecule has 8 heteroatoms. The highest BCUT2D eigenvalue weighted by atomic mass is 16.7. The van der Waals surface area contributed by atoms with Crippen LogP contribution in [0.15, 0.2) is 0 Å². The number of ether oxygens (including phenoxy) is 2. The van der Waals surface area contributed by atoms with Crippen molar-refractivity contribution < 1.29 is 39.8 Å². The summed E-state index contributed by atoms with van der Waals surface area (Å²) in [6, 6.07) is 0. The van der Waals surface area contributed by atoms with Crippen LogP contribution < -0.4 is 0 Å². The van der Waals surface area contributed by atoms with E-state index in [1.165, 1.54) is 6.92 Å². The highest BCUT2D eigenvalue weighted by Gasteiger charge is 2.46. The molecule has 1 aliphatic carbocycles. The Morgan fingerprint density at radius 3 is 2.46 bits per heavy atom. The number of Topliss-reactive ketones (excluding diaryl/α,β-unsaturated/α-hetero) is 1. The summed E-state index contributed by atoms with van der Waals surface area (Å²) in [6.45, 7) is 2.66. The lowest BCUT2D eigenvalue weighted by molar-refractivity contribution is -0.309. The monoisotopic (exact) mass is 348 g/mol. The Morgan fingerprint density at radius 1 is 1.21 bits per heavy atom. The van der Waals surface area contributed by atoms with E-state index in [9.17, 15) is 25.2 Å². The molecule has 8 atom stereocenters. The highest BCUT2D eigenvalue weighted by molar-refractivity contribution is 5.83. The van der Waals surface area contributed by atoms with E-state index in [0.29, 0.717) is 18.8 Å². The molecule has 2 rings (SSSR count). The summed E-state index contributed by atoms with van der Waals surface area (Å²) in [7, 11) is 0. The fraction of sp³-hybridized carbons (Fsp3) is 0.938. The molecule has 24 heavy (non-hydrogen) atoms. The Kier molecular flexibility index (Phi) is 6.35. The van der Waals surface area contributed by atoms with Crippen molar-refractivity contribution in [2.24, 2.45) is 11.8 Å². The van der Waals surface area contributed by atoms with E-state index in [-0.39, 0.29) is 12.4 Å². The van der Waals surface area contributed by atoms with Crippen molar-refractivity contribution >= 4 is 5.78 Å². The van der Waals surface area contributed by atoms with Crippen LogP contribution >= 0.6 is 0 Å². The van der Waals surface area contributed by atoms with Crippen LogP contribution in [0.2, 0.25) is 0 Å². The van der Waals surface area contributed by atoms with Gasteiger partial charge in [-0.15, -0.1) is 0 Å². The summed E-state index contributed by atoms with van der Waals surface area (Å²) in [5, 5.41) is 49.1. The maximum absolute atomic E-state index is 12.2. The fourth-order valence-electron chi connectivity index (χ4n) is 3.41. The van der Waals surface area contributed by atoms with Crippen LogP contribution in [0.4, 0.5) is 0 Å². The molecule has 0 aromatic heterocycles. The van der Waals surface area contributed by atoms with Crippen LogP contribution in [-0.2, 0) is 14.3 Å². The number of rotatable bonds is 5. The van der Waals surface area contributed by atoms with Gasteiger partial charge in [0.05, 0.1) is 18.8 Å². The number of carbonyl (C=O) groups is 1. The number of hydrogen-bond donors (Lipinski definition) is 5. The van der Waals surface area contributed by atoms with Gasteiger partial charge < -0.3 is 35.0 Å². The molecule has 0 spiro atoms. The van der Waals surface area contributed by atoms with Crippen LogP contribution in [0.3, 0.4) is 0 Å². The Morgan fingerprint density at radius 2 is 1.88 bits per heavy atom. The van der Waals surface area contributed by atoms with Gasteiger partial charge in [-0.05, 0) is 25.7 Å². The van der Waals surface area contributed by atoms with E-state index in [0.717, 1.165) is 6.42 Å². The molecule has 2 fully saturated rings. The smallest absolute Gasteiger partial charge is 0.186 e. The minimum atomic E-state index is -1.54. The summed E-state index contributed by atoms with van der Waals surface area (Å²) in [5.74, 6) is -0.273. The topological polar surface area (TPSA) is 137 Å². The van der Waals surface area contributed by atoms with E-state index in [1.807, 2.05) is 6.92 Å². The molecule has 1 saturated carbocycles. The van der Waals surface area contributed by atoms with E-state index >= 15 is 0 Å². The summed E-state index contributed by atoms with van der Waals surface area (Å²) in [6.07, 6.45) is -5.10. The maximum atomic E-state index is 12.2. The zero-order valence-corrected chi connectivity index (χ0v) is 14.0. The highest BCUT2D eigenvalue weighted by Crippen LogP contribution is 2.34. The first-order valence-corrected chi connectivity index (χ1v) is 8.34. The summed E-state index contributed by atoms with van der Waals surface area (Å²) in [5.41, 5.74) is -1.43. The van der Waals surface area contributed by atoms with E-state index < -0.39 is 48.8 Å². The zero-order valence-electron chi connectivity index (χ0n) is 14.0. The van der Waals surface area contributed by atoms with Gasteiger partial charge >= 0.3 is 0 Å². The predicted molar refractivity (Wildman–Crippen MR) is 81.9 cm³/mol. The number of aliphatic hydroxyl groups is 5. The van der Waals surface area contributed by atoms with E-state index in [1.54, 1.807) is 0 Å². The lowest BCUT2D eigenvalue weighted by atomic mass is 9.74. The molecule has 0 unspecified atom stereocenters. The van der Waals surface area contributed by atoms with Crippen LogP contribution in [0.25, 0.3) is 0 Å². The number of ketones is 1. The van der Waals surface area contributed by atoms with Crippen molar-refractivity contribution in [2.75, 3.05) is 13.2 Å². The molecule has 1 aliphatic heterocycles. The van der Waals surface area contributed by atoms with Crippen molar-refractivity contribution in [2.45, 2.75) is 69.4 Å². The minimum absolute atomic E-state index is 0.0175. The zero-order chi connectivity index (χ0) is 18.1. The molecule has 140 valence electrons. The Bertz CT molecular complexity index is 438. The van der Waals surface area contributed by atoms with Crippen LogP contribution in [0.1, 0.15) is 33.1 Å². The molecule has 0 aromatic carbocycles. The maximum Gasteiger partial charge on any atom is 0.186 e. The number of aliphatic hydroxyl groups excluding tert-OH is 4. The molecular weight excluding hydrogens is 320 g/mol. The number of hydrogen-bond acceptors (Lipinski definition) is 8. The van der Waals surface area contributed by atoms with E-state index in [4.69, 9.17) is 14.6 Å². The number of carbonyl (C=O) groups excluding carboxylic acids is 1. The van der Waals surface area contributed by atoms with Gasteiger partial charge in [0.2, 0.25) is 0 Å². The lowest BCUT2D eigenvalue weighted by Crippen LogP contribution is -2.60.